The fourth-order valence-electron chi connectivity index (χ4n) is 2.46. The zero-order valence-electron chi connectivity index (χ0n) is 17.7. The van der Waals surface area contributed by atoms with E-state index in [-0.39, 0.29) is 17.9 Å². The fraction of sp³-hybridized carbons (Fsp3) is 0.261. The molecule has 8 heteroatoms. The third-order valence-electron chi connectivity index (χ3n) is 3.72. The molecule has 0 aliphatic heterocycles. The molecule has 0 bridgehead atoms. The van der Waals surface area contributed by atoms with Crippen molar-refractivity contribution in [3.8, 4) is 0 Å². The van der Waals surface area contributed by atoms with Crippen LogP contribution in [-0.4, -0.2) is 30.7 Å². The van der Waals surface area contributed by atoms with Crippen LogP contribution in [0.1, 0.15) is 42.3 Å². The average molecular weight is 490 g/mol. The molecule has 0 aliphatic rings. The maximum Gasteiger partial charge on any atom is 0.412 e. The highest BCUT2D eigenvalue weighted by molar-refractivity contribution is 9.10. The topological polar surface area (TPSA) is 90.9 Å². The molecule has 7 nitrogen and oxygen atoms in total. The largest absolute Gasteiger partial charge is 0.465 e. The van der Waals surface area contributed by atoms with Crippen LogP contribution in [0, 0.1) is 0 Å². The quantitative estimate of drug-likeness (QED) is 0.354. The van der Waals surface area contributed by atoms with E-state index in [1.54, 1.807) is 32.9 Å². The highest BCUT2D eigenvalue weighted by Crippen LogP contribution is 2.19. The van der Waals surface area contributed by atoms with Crippen molar-refractivity contribution in [2.45, 2.75) is 33.0 Å². The lowest BCUT2D eigenvalue weighted by molar-refractivity contribution is -0.140. The lowest BCUT2D eigenvalue weighted by Gasteiger charge is -2.20. The Kier molecular flexibility index (Phi) is 8.38. The summed E-state index contributed by atoms with van der Waals surface area (Å²) < 4.78 is 15.9. The summed E-state index contributed by atoms with van der Waals surface area (Å²) in [5.41, 5.74) is 0.647. The Labute approximate surface area is 189 Å². The Balaban J connectivity index is 2.32. The van der Waals surface area contributed by atoms with Crippen molar-refractivity contribution in [2.24, 2.45) is 0 Å². The Bertz CT molecular complexity index is 979. The number of carbonyl (C=O) groups excluding carboxylic acids is 3. The molecular formula is C23H24BrNO6. The molecule has 0 fully saturated rings. The van der Waals surface area contributed by atoms with Gasteiger partial charge in [0.05, 0.1) is 12.7 Å². The Morgan fingerprint density at radius 2 is 1.74 bits per heavy atom. The van der Waals surface area contributed by atoms with Crippen LogP contribution in [0.4, 0.5) is 4.79 Å². The van der Waals surface area contributed by atoms with Crippen molar-refractivity contribution in [2.75, 3.05) is 7.11 Å². The number of hydrogen-bond donors (Lipinski definition) is 1. The van der Waals surface area contributed by atoms with Gasteiger partial charge in [0.1, 0.15) is 17.9 Å². The summed E-state index contributed by atoms with van der Waals surface area (Å²) in [5.74, 6) is -1.29. The maximum atomic E-state index is 12.7. The molecule has 2 aromatic rings. The number of esters is 2. The van der Waals surface area contributed by atoms with E-state index in [4.69, 9.17) is 14.2 Å². The van der Waals surface area contributed by atoms with Gasteiger partial charge in [-0.2, -0.15) is 0 Å². The molecular weight excluding hydrogens is 466 g/mol. The van der Waals surface area contributed by atoms with Gasteiger partial charge in [0.15, 0.2) is 0 Å². The Morgan fingerprint density at radius 3 is 2.35 bits per heavy atom. The van der Waals surface area contributed by atoms with Gasteiger partial charge < -0.3 is 14.2 Å². The lowest BCUT2D eigenvalue weighted by atomic mass is 10.1. The summed E-state index contributed by atoms with van der Waals surface area (Å²) in [5, 5.41) is 2.43. The van der Waals surface area contributed by atoms with E-state index in [2.05, 4.69) is 21.2 Å². The monoisotopic (exact) mass is 489 g/mol. The molecule has 1 amide bonds. The minimum atomic E-state index is -0.807. The van der Waals surface area contributed by atoms with E-state index in [1.807, 2.05) is 30.3 Å². The van der Waals surface area contributed by atoms with Crippen LogP contribution in [0.25, 0.3) is 6.08 Å². The molecule has 2 aromatic carbocycles. The summed E-state index contributed by atoms with van der Waals surface area (Å²) in [6.45, 7) is 5.15. The molecule has 164 valence electrons. The van der Waals surface area contributed by atoms with Crippen molar-refractivity contribution in [1.82, 2.24) is 5.32 Å². The zero-order chi connectivity index (χ0) is 23.0. The molecule has 31 heavy (non-hydrogen) atoms. The molecule has 0 saturated heterocycles. The molecule has 0 radical (unpaired) electrons. The van der Waals surface area contributed by atoms with Crippen molar-refractivity contribution in [3.63, 3.8) is 0 Å². The van der Waals surface area contributed by atoms with Crippen LogP contribution in [0.15, 0.2) is 58.7 Å². The van der Waals surface area contributed by atoms with Gasteiger partial charge in [-0.3, -0.25) is 5.32 Å². The molecule has 2 rings (SSSR count). The fourth-order valence-corrected chi connectivity index (χ4v) is 2.97. The van der Waals surface area contributed by atoms with Crippen LogP contribution < -0.4 is 5.32 Å². The number of alkyl carbamates (subject to hydrolysis) is 1. The third-order valence-corrected chi connectivity index (χ3v) is 4.18. The van der Waals surface area contributed by atoms with Gasteiger partial charge in [0.2, 0.25) is 0 Å². The summed E-state index contributed by atoms with van der Waals surface area (Å²) in [6.07, 6.45) is 0.590. The molecule has 0 atom stereocenters. The van der Waals surface area contributed by atoms with E-state index in [0.29, 0.717) is 10.0 Å². The van der Waals surface area contributed by atoms with Gasteiger partial charge in [-0.05, 0) is 56.2 Å². The normalized spacial score (nSPS) is 11.5. The summed E-state index contributed by atoms with van der Waals surface area (Å²) >= 11 is 3.32. The number of methoxy groups -OCH3 is 1. The number of nitrogens with one attached hydrogen (secondary N) is 1. The Hall–Kier alpha value is -3.13. The number of halogens is 1. The average Bonchev–Trinajstić information content (AvgIpc) is 2.69. The van der Waals surface area contributed by atoms with E-state index in [1.165, 1.54) is 19.3 Å². The standard InChI is InChI=1S/C23H24BrNO6/c1-23(2,3)31-22(28)25-19(21(27)30-14-15-8-6-5-7-9-15)12-16-10-17(20(26)29-4)13-18(24)11-16/h5-13H,14H2,1-4H3,(H,25,28). The van der Waals surface area contributed by atoms with Crippen LogP contribution in [0.3, 0.4) is 0 Å². The first kappa shape index (κ1) is 24.1. The first-order valence-electron chi connectivity index (χ1n) is 9.39. The van der Waals surface area contributed by atoms with Crippen molar-refractivity contribution >= 4 is 40.0 Å². The number of carbonyl (C=O) groups is 3. The second-order valence-electron chi connectivity index (χ2n) is 7.51. The highest BCUT2D eigenvalue weighted by atomic mass is 79.9. The second kappa shape index (κ2) is 10.8. The first-order chi connectivity index (χ1) is 14.6. The third kappa shape index (κ3) is 8.25. The number of hydrogen-bond acceptors (Lipinski definition) is 6. The molecule has 0 heterocycles. The minimum Gasteiger partial charge on any atom is -0.465 e. The zero-order valence-corrected chi connectivity index (χ0v) is 19.3. The van der Waals surface area contributed by atoms with Crippen LogP contribution >= 0.6 is 15.9 Å². The van der Waals surface area contributed by atoms with Gasteiger partial charge in [0.25, 0.3) is 0 Å². The summed E-state index contributed by atoms with van der Waals surface area (Å²) in [6, 6.07) is 13.9. The Morgan fingerprint density at radius 1 is 1.06 bits per heavy atom. The van der Waals surface area contributed by atoms with Gasteiger partial charge in [-0.1, -0.05) is 46.3 Å². The second-order valence-corrected chi connectivity index (χ2v) is 8.43. The number of amides is 1. The molecule has 0 spiro atoms. The van der Waals surface area contributed by atoms with Gasteiger partial charge in [-0.15, -0.1) is 0 Å². The predicted molar refractivity (Wildman–Crippen MR) is 119 cm³/mol. The number of ether oxygens (including phenoxy) is 3. The van der Waals surface area contributed by atoms with Crippen LogP contribution in [-0.2, 0) is 25.6 Å². The molecule has 0 saturated carbocycles. The molecule has 0 aromatic heterocycles. The molecule has 1 N–H and O–H groups in total. The minimum absolute atomic E-state index is 0.0267. The van der Waals surface area contributed by atoms with E-state index in [9.17, 15) is 14.4 Å². The van der Waals surface area contributed by atoms with E-state index < -0.39 is 23.6 Å². The van der Waals surface area contributed by atoms with E-state index in [0.717, 1.165) is 5.56 Å². The van der Waals surface area contributed by atoms with Gasteiger partial charge in [-0.25, -0.2) is 14.4 Å². The van der Waals surface area contributed by atoms with E-state index >= 15 is 0 Å². The van der Waals surface area contributed by atoms with Crippen molar-refractivity contribution < 1.29 is 28.6 Å². The van der Waals surface area contributed by atoms with Crippen LogP contribution in [0.5, 0.6) is 0 Å². The number of rotatable bonds is 6. The molecule has 0 aliphatic carbocycles. The number of benzene rings is 2. The predicted octanol–water partition coefficient (Wildman–Crippen LogP) is 4.84. The molecule has 0 unspecified atom stereocenters. The SMILES string of the molecule is COC(=O)c1cc(Br)cc(C=C(NC(=O)OC(C)(C)C)C(=O)OCc2ccccc2)c1. The summed E-state index contributed by atoms with van der Waals surface area (Å²) in [4.78, 5) is 36.9. The van der Waals surface area contributed by atoms with Crippen molar-refractivity contribution in [1.29, 1.82) is 0 Å². The van der Waals surface area contributed by atoms with Crippen LogP contribution in [0.2, 0.25) is 0 Å². The van der Waals surface area contributed by atoms with Crippen molar-refractivity contribution in [3.05, 3.63) is 75.4 Å². The van der Waals surface area contributed by atoms with Gasteiger partial charge >= 0.3 is 18.0 Å². The van der Waals surface area contributed by atoms with Gasteiger partial charge in [0, 0.05) is 4.47 Å². The first-order valence-corrected chi connectivity index (χ1v) is 10.2. The maximum absolute atomic E-state index is 12.7. The summed E-state index contributed by atoms with van der Waals surface area (Å²) in [7, 11) is 1.27. The highest BCUT2D eigenvalue weighted by Gasteiger charge is 2.21. The smallest absolute Gasteiger partial charge is 0.412 e. The lowest BCUT2D eigenvalue weighted by Crippen LogP contribution is -2.34.